The van der Waals surface area contributed by atoms with Gasteiger partial charge in [0.15, 0.2) is 5.01 Å². The zero-order chi connectivity index (χ0) is 22.2. The summed E-state index contributed by atoms with van der Waals surface area (Å²) in [4.78, 5) is 6.51. The fourth-order valence-electron chi connectivity index (χ4n) is 4.75. The first-order valence-electron chi connectivity index (χ1n) is 10.6. The lowest BCUT2D eigenvalue weighted by molar-refractivity contribution is 0.161. The second kappa shape index (κ2) is 8.20. The van der Waals surface area contributed by atoms with E-state index in [0.717, 1.165) is 45.4 Å². The van der Waals surface area contributed by atoms with Gasteiger partial charge in [-0.05, 0) is 64.3 Å². The van der Waals surface area contributed by atoms with Crippen molar-refractivity contribution in [3.8, 4) is 27.4 Å². The summed E-state index contributed by atoms with van der Waals surface area (Å²) in [5, 5.41) is 14.6. The Hall–Kier alpha value is -2.51. The Morgan fingerprint density at radius 3 is 2.45 bits per heavy atom. The molecule has 0 spiro atoms. The molecule has 0 bridgehead atoms. The van der Waals surface area contributed by atoms with Crippen molar-refractivity contribution in [2.45, 2.75) is 57.7 Å². The first-order valence-corrected chi connectivity index (χ1v) is 11.4. The third-order valence-electron chi connectivity index (χ3n) is 5.86. The van der Waals surface area contributed by atoms with Crippen LogP contribution in [0.3, 0.4) is 0 Å². The first-order chi connectivity index (χ1) is 14.7. The first kappa shape index (κ1) is 21.7. The van der Waals surface area contributed by atoms with Crippen LogP contribution in [0.25, 0.3) is 21.7 Å². The highest BCUT2D eigenvalue weighted by atomic mass is 32.1. The third kappa shape index (κ3) is 4.72. The SMILES string of the molecule is COc1cc(-c2cccnc2)ccc1-c1nnc(N(C)C2CC(C)(C)NC(C)(C)C2)s1. The molecule has 1 N–H and O–H groups in total. The summed E-state index contributed by atoms with van der Waals surface area (Å²) in [6.45, 7) is 9.09. The molecule has 1 aliphatic rings. The number of hydrogen-bond acceptors (Lipinski definition) is 7. The monoisotopic (exact) mass is 437 g/mol. The van der Waals surface area contributed by atoms with Crippen molar-refractivity contribution in [3.05, 3.63) is 42.7 Å². The molecule has 31 heavy (non-hydrogen) atoms. The number of anilines is 1. The zero-order valence-corrected chi connectivity index (χ0v) is 20.0. The molecule has 1 fully saturated rings. The summed E-state index contributed by atoms with van der Waals surface area (Å²) in [6, 6.07) is 10.6. The molecule has 164 valence electrons. The van der Waals surface area contributed by atoms with Crippen LogP contribution in [0, 0.1) is 0 Å². The van der Waals surface area contributed by atoms with Gasteiger partial charge >= 0.3 is 0 Å². The molecule has 3 aromatic rings. The molecule has 6 nitrogen and oxygen atoms in total. The molecular weight excluding hydrogens is 406 g/mol. The maximum atomic E-state index is 5.70. The van der Waals surface area contributed by atoms with Crippen LogP contribution in [-0.4, -0.2) is 46.5 Å². The highest BCUT2D eigenvalue weighted by Gasteiger charge is 2.39. The van der Waals surface area contributed by atoms with Gasteiger partial charge in [-0.1, -0.05) is 23.5 Å². The standard InChI is InChI=1S/C24H31N5OS/c1-23(2)13-18(14-24(3,4)28-23)29(5)22-27-26-21(31-22)19-10-9-16(12-20(19)30-6)17-8-7-11-25-15-17/h7-12,15,18,28H,13-14H2,1-6H3. The summed E-state index contributed by atoms with van der Waals surface area (Å²) in [5.41, 5.74) is 3.24. The molecule has 2 aromatic heterocycles. The fraction of sp³-hybridized carbons (Fsp3) is 0.458. The van der Waals surface area contributed by atoms with Crippen LogP contribution in [0.4, 0.5) is 5.13 Å². The quantitative estimate of drug-likeness (QED) is 0.605. The molecule has 0 aliphatic carbocycles. The maximum Gasteiger partial charge on any atom is 0.208 e. The number of aromatic nitrogens is 3. The van der Waals surface area contributed by atoms with E-state index < -0.39 is 0 Å². The third-order valence-corrected chi connectivity index (χ3v) is 6.91. The lowest BCUT2D eigenvalue weighted by Crippen LogP contribution is -2.61. The zero-order valence-electron chi connectivity index (χ0n) is 19.1. The van der Waals surface area contributed by atoms with E-state index in [1.165, 1.54) is 0 Å². The van der Waals surface area contributed by atoms with E-state index >= 15 is 0 Å². The molecule has 4 rings (SSSR count). The summed E-state index contributed by atoms with van der Waals surface area (Å²) in [5.74, 6) is 0.788. The molecule has 0 amide bonds. The molecule has 0 saturated carbocycles. The van der Waals surface area contributed by atoms with Gasteiger partial charge in [-0.2, -0.15) is 0 Å². The van der Waals surface area contributed by atoms with Crippen LogP contribution in [0.2, 0.25) is 0 Å². The van der Waals surface area contributed by atoms with E-state index in [1.807, 2.05) is 24.4 Å². The minimum atomic E-state index is 0.0829. The van der Waals surface area contributed by atoms with E-state index in [4.69, 9.17) is 4.74 Å². The number of rotatable bonds is 5. The molecule has 0 atom stereocenters. The number of nitrogens with zero attached hydrogens (tertiary/aromatic N) is 4. The molecule has 1 aromatic carbocycles. The Morgan fingerprint density at radius 2 is 1.81 bits per heavy atom. The van der Waals surface area contributed by atoms with Crippen LogP contribution >= 0.6 is 11.3 Å². The van der Waals surface area contributed by atoms with Crippen molar-refractivity contribution in [1.29, 1.82) is 0 Å². The second-order valence-corrected chi connectivity index (χ2v) is 10.6. The van der Waals surface area contributed by atoms with Crippen molar-refractivity contribution in [3.63, 3.8) is 0 Å². The summed E-state index contributed by atoms with van der Waals surface area (Å²) < 4.78 is 5.70. The number of pyridine rings is 1. The molecule has 3 heterocycles. The fourth-order valence-corrected chi connectivity index (χ4v) is 5.65. The molecule has 7 heteroatoms. The van der Waals surface area contributed by atoms with Gasteiger partial charge in [0.05, 0.1) is 12.7 Å². The number of hydrogen-bond donors (Lipinski definition) is 1. The van der Waals surface area contributed by atoms with Crippen molar-refractivity contribution < 1.29 is 4.74 Å². The van der Waals surface area contributed by atoms with Gasteiger partial charge in [0, 0.05) is 42.1 Å². The van der Waals surface area contributed by atoms with Gasteiger partial charge in [0.2, 0.25) is 5.13 Å². The van der Waals surface area contributed by atoms with Crippen LogP contribution in [-0.2, 0) is 0 Å². The number of methoxy groups -OCH3 is 1. The molecule has 1 saturated heterocycles. The Bertz CT molecular complexity index is 1030. The molecule has 1 aliphatic heterocycles. The van der Waals surface area contributed by atoms with E-state index in [2.05, 4.69) is 72.3 Å². The van der Waals surface area contributed by atoms with Crippen LogP contribution < -0.4 is 15.0 Å². The average Bonchev–Trinajstić information content (AvgIpc) is 3.21. The van der Waals surface area contributed by atoms with Crippen molar-refractivity contribution in [2.75, 3.05) is 19.1 Å². The predicted molar refractivity (Wildman–Crippen MR) is 128 cm³/mol. The summed E-state index contributed by atoms with van der Waals surface area (Å²) in [7, 11) is 3.83. The van der Waals surface area contributed by atoms with Crippen molar-refractivity contribution >= 4 is 16.5 Å². The number of piperidine rings is 1. The summed E-state index contributed by atoms with van der Waals surface area (Å²) >= 11 is 1.61. The number of benzene rings is 1. The Balaban J connectivity index is 1.60. The predicted octanol–water partition coefficient (Wildman–Crippen LogP) is 5.02. The molecule has 0 unspecified atom stereocenters. The van der Waals surface area contributed by atoms with Gasteiger partial charge < -0.3 is 15.0 Å². The van der Waals surface area contributed by atoms with E-state index in [1.54, 1.807) is 24.6 Å². The lowest BCUT2D eigenvalue weighted by Gasteiger charge is -2.48. The van der Waals surface area contributed by atoms with Gasteiger partial charge in [-0.15, -0.1) is 10.2 Å². The van der Waals surface area contributed by atoms with E-state index in [9.17, 15) is 0 Å². The van der Waals surface area contributed by atoms with E-state index in [-0.39, 0.29) is 11.1 Å². The van der Waals surface area contributed by atoms with Crippen molar-refractivity contribution in [2.24, 2.45) is 0 Å². The van der Waals surface area contributed by atoms with E-state index in [0.29, 0.717) is 6.04 Å². The van der Waals surface area contributed by atoms with Crippen LogP contribution in [0.15, 0.2) is 42.7 Å². The van der Waals surface area contributed by atoms with Gasteiger partial charge in [0.25, 0.3) is 0 Å². The van der Waals surface area contributed by atoms with Gasteiger partial charge in [-0.25, -0.2) is 0 Å². The number of nitrogens with one attached hydrogen (secondary N) is 1. The normalized spacial score (nSPS) is 18.0. The molecular formula is C24H31N5OS. The minimum absolute atomic E-state index is 0.0829. The smallest absolute Gasteiger partial charge is 0.208 e. The second-order valence-electron chi connectivity index (χ2n) is 9.61. The van der Waals surface area contributed by atoms with Crippen molar-refractivity contribution in [1.82, 2.24) is 20.5 Å². The Morgan fingerprint density at radius 1 is 1.06 bits per heavy atom. The largest absolute Gasteiger partial charge is 0.496 e. The van der Waals surface area contributed by atoms with Gasteiger partial charge in [-0.3, -0.25) is 4.98 Å². The van der Waals surface area contributed by atoms with Crippen LogP contribution in [0.1, 0.15) is 40.5 Å². The van der Waals surface area contributed by atoms with Crippen LogP contribution in [0.5, 0.6) is 5.75 Å². The number of ether oxygens (including phenoxy) is 1. The average molecular weight is 438 g/mol. The highest BCUT2D eigenvalue weighted by molar-refractivity contribution is 7.18. The molecule has 0 radical (unpaired) electrons. The lowest BCUT2D eigenvalue weighted by atomic mass is 9.79. The summed E-state index contributed by atoms with van der Waals surface area (Å²) in [6.07, 6.45) is 5.75. The Labute approximate surface area is 188 Å². The minimum Gasteiger partial charge on any atom is -0.496 e. The van der Waals surface area contributed by atoms with Gasteiger partial charge in [0.1, 0.15) is 5.75 Å². The highest BCUT2D eigenvalue weighted by Crippen LogP contribution is 2.39. The topological polar surface area (TPSA) is 63.2 Å². The Kier molecular flexibility index (Phi) is 5.75. The maximum absolute atomic E-state index is 5.70.